The Kier molecular flexibility index (Phi) is 4.66. The molecule has 122 valence electrons. The first kappa shape index (κ1) is 17.8. The number of amides is 2. The molecule has 0 spiro atoms. The predicted molar refractivity (Wildman–Crippen MR) is 83.2 cm³/mol. The summed E-state index contributed by atoms with van der Waals surface area (Å²) in [6, 6.07) is -0.232. The summed E-state index contributed by atoms with van der Waals surface area (Å²) in [5.41, 5.74) is -0.856. The second kappa shape index (κ2) is 5.50. The Balaban J connectivity index is 2.77. The molecule has 0 aromatic rings. The first-order valence-electron chi connectivity index (χ1n) is 7.55. The van der Waals surface area contributed by atoms with Gasteiger partial charge >= 0.3 is 12.0 Å². The number of rotatable bonds is 3. The van der Waals surface area contributed by atoms with Crippen LogP contribution >= 0.6 is 0 Å². The van der Waals surface area contributed by atoms with E-state index < -0.39 is 11.5 Å². The lowest BCUT2D eigenvalue weighted by Gasteiger charge is -2.45. The highest BCUT2D eigenvalue weighted by Crippen LogP contribution is 2.45. The van der Waals surface area contributed by atoms with E-state index in [-0.39, 0.29) is 22.9 Å². The fourth-order valence-electron chi connectivity index (χ4n) is 3.62. The van der Waals surface area contributed by atoms with E-state index in [0.29, 0.717) is 0 Å². The Morgan fingerprint density at radius 3 is 1.95 bits per heavy atom. The maximum absolute atomic E-state index is 12.3. The third kappa shape index (κ3) is 4.35. The summed E-state index contributed by atoms with van der Waals surface area (Å²) in [6.45, 7) is 11.9. The number of nitrogens with zero attached hydrogens (tertiary/aromatic N) is 1. The molecule has 5 nitrogen and oxygen atoms in total. The van der Waals surface area contributed by atoms with Crippen LogP contribution in [0.5, 0.6) is 0 Å². The van der Waals surface area contributed by atoms with Crippen molar-refractivity contribution >= 4 is 12.0 Å². The lowest BCUT2D eigenvalue weighted by atomic mass is 9.63. The van der Waals surface area contributed by atoms with E-state index in [1.807, 2.05) is 0 Å². The number of likely N-dealkylation sites (N-methyl/N-ethyl adjacent to an activating group) is 1. The summed E-state index contributed by atoms with van der Waals surface area (Å²) in [5.74, 6) is -1.01. The van der Waals surface area contributed by atoms with Crippen LogP contribution in [0, 0.1) is 10.8 Å². The Morgan fingerprint density at radius 2 is 1.57 bits per heavy atom. The van der Waals surface area contributed by atoms with Crippen molar-refractivity contribution in [3.8, 4) is 0 Å². The van der Waals surface area contributed by atoms with Crippen molar-refractivity contribution in [1.82, 2.24) is 10.2 Å². The number of hydrogen-bond donors (Lipinski definition) is 2. The van der Waals surface area contributed by atoms with Crippen molar-refractivity contribution in [2.45, 2.75) is 72.4 Å². The van der Waals surface area contributed by atoms with E-state index in [0.717, 1.165) is 19.3 Å². The van der Waals surface area contributed by atoms with Crippen LogP contribution in [0.2, 0.25) is 0 Å². The van der Waals surface area contributed by atoms with Crippen LogP contribution in [0.1, 0.15) is 60.8 Å². The van der Waals surface area contributed by atoms with Gasteiger partial charge in [-0.25, -0.2) is 9.59 Å². The molecule has 0 aromatic carbocycles. The minimum atomic E-state index is -1.22. The molecular weight excluding hydrogens is 268 g/mol. The number of carbonyl (C=O) groups is 2. The van der Waals surface area contributed by atoms with E-state index in [9.17, 15) is 14.7 Å². The van der Waals surface area contributed by atoms with Crippen molar-refractivity contribution in [2.75, 3.05) is 7.05 Å². The fourth-order valence-corrected chi connectivity index (χ4v) is 3.62. The molecule has 5 heteroatoms. The van der Waals surface area contributed by atoms with Gasteiger partial charge in [-0.05, 0) is 43.9 Å². The van der Waals surface area contributed by atoms with E-state index in [1.165, 1.54) is 25.8 Å². The molecule has 1 rings (SSSR count). The number of nitrogens with one attached hydrogen (secondary N) is 1. The molecule has 1 aliphatic rings. The average Bonchev–Trinajstić information content (AvgIpc) is 2.22. The molecule has 2 N–H and O–H groups in total. The third-order valence-electron chi connectivity index (χ3n) is 4.55. The Morgan fingerprint density at radius 1 is 1.14 bits per heavy atom. The number of carboxylic acids is 1. The number of aliphatic carboxylic acids is 1. The lowest BCUT2D eigenvalue weighted by molar-refractivity contribution is -0.146. The first-order chi connectivity index (χ1) is 9.27. The molecule has 21 heavy (non-hydrogen) atoms. The van der Waals surface area contributed by atoms with Gasteiger partial charge < -0.3 is 15.3 Å². The molecule has 0 aromatic heterocycles. The van der Waals surface area contributed by atoms with Gasteiger partial charge in [-0.2, -0.15) is 0 Å². The first-order valence-corrected chi connectivity index (χ1v) is 7.55. The van der Waals surface area contributed by atoms with Gasteiger partial charge in [0.2, 0.25) is 0 Å². The molecule has 2 amide bonds. The summed E-state index contributed by atoms with van der Waals surface area (Å²) in [5, 5.41) is 12.2. The lowest BCUT2D eigenvalue weighted by Crippen LogP contribution is -2.57. The van der Waals surface area contributed by atoms with Gasteiger partial charge in [0.15, 0.2) is 0 Å². The summed E-state index contributed by atoms with van der Waals surface area (Å²) in [6.07, 6.45) is 2.97. The molecular formula is C16H30N2O3. The van der Waals surface area contributed by atoms with Crippen LogP contribution < -0.4 is 5.32 Å². The minimum absolute atomic E-state index is 0.0864. The second-order valence-electron chi connectivity index (χ2n) is 8.48. The van der Waals surface area contributed by atoms with E-state index >= 15 is 0 Å². The molecule has 1 fully saturated rings. The third-order valence-corrected chi connectivity index (χ3v) is 4.55. The Labute approximate surface area is 128 Å². The maximum atomic E-state index is 12.3. The highest BCUT2D eigenvalue weighted by Gasteiger charge is 2.41. The smallest absolute Gasteiger partial charge is 0.329 e. The van der Waals surface area contributed by atoms with E-state index in [1.54, 1.807) is 0 Å². The molecule has 0 unspecified atom stereocenters. The van der Waals surface area contributed by atoms with Gasteiger partial charge in [-0.1, -0.05) is 27.7 Å². The van der Waals surface area contributed by atoms with Crippen LogP contribution in [-0.2, 0) is 4.79 Å². The van der Waals surface area contributed by atoms with Crippen molar-refractivity contribution in [1.29, 1.82) is 0 Å². The van der Waals surface area contributed by atoms with Crippen molar-refractivity contribution in [3.05, 3.63) is 0 Å². The fraction of sp³-hybridized carbons (Fsp3) is 0.875. The molecule has 0 heterocycles. The van der Waals surface area contributed by atoms with E-state index in [2.05, 4.69) is 33.0 Å². The summed E-state index contributed by atoms with van der Waals surface area (Å²) < 4.78 is 0. The van der Waals surface area contributed by atoms with Crippen molar-refractivity contribution in [2.24, 2.45) is 10.8 Å². The quantitative estimate of drug-likeness (QED) is 0.841. The zero-order valence-corrected chi connectivity index (χ0v) is 14.4. The normalized spacial score (nSPS) is 21.7. The van der Waals surface area contributed by atoms with Gasteiger partial charge in [-0.3, -0.25) is 0 Å². The standard InChI is InChI=1S/C16H30N2O3/c1-14(2)8-11(9-15(3,4)10-14)17-13(21)18(7)16(5,6)12(19)20/h11H,8-10H2,1-7H3,(H,17,21)(H,19,20). The van der Waals surface area contributed by atoms with Gasteiger partial charge in [-0.15, -0.1) is 0 Å². The molecule has 1 aliphatic carbocycles. The predicted octanol–water partition coefficient (Wildman–Crippen LogP) is 3.10. The minimum Gasteiger partial charge on any atom is -0.480 e. The highest BCUT2D eigenvalue weighted by atomic mass is 16.4. The number of hydrogen-bond acceptors (Lipinski definition) is 2. The summed E-state index contributed by atoms with van der Waals surface area (Å²) in [7, 11) is 1.53. The summed E-state index contributed by atoms with van der Waals surface area (Å²) >= 11 is 0. The van der Waals surface area contributed by atoms with Gasteiger partial charge in [0.05, 0.1) is 0 Å². The monoisotopic (exact) mass is 298 g/mol. The molecule has 0 radical (unpaired) electrons. The molecule has 0 saturated heterocycles. The zero-order chi connectivity index (χ0) is 16.6. The zero-order valence-electron chi connectivity index (χ0n) is 14.4. The van der Waals surface area contributed by atoms with Crippen molar-refractivity contribution < 1.29 is 14.7 Å². The summed E-state index contributed by atoms with van der Waals surface area (Å²) in [4.78, 5) is 24.8. The Hall–Kier alpha value is -1.26. The van der Waals surface area contributed by atoms with E-state index in [4.69, 9.17) is 0 Å². The number of carboxylic acid groups (broad SMARTS) is 1. The average molecular weight is 298 g/mol. The van der Waals surface area contributed by atoms with Crippen LogP contribution in [-0.4, -0.2) is 40.6 Å². The Bertz CT molecular complexity index is 411. The SMILES string of the molecule is CN(C(=O)NC1CC(C)(C)CC(C)(C)C1)C(C)(C)C(=O)O. The van der Waals surface area contributed by atoms with Crippen LogP contribution in [0.15, 0.2) is 0 Å². The highest BCUT2D eigenvalue weighted by molar-refractivity contribution is 5.85. The van der Waals surface area contributed by atoms with Crippen LogP contribution in [0.3, 0.4) is 0 Å². The second-order valence-corrected chi connectivity index (χ2v) is 8.48. The van der Waals surface area contributed by atoms with Crippen molar-refractivity contribution in [3.63, 3.8) is 0 Å². The molecule has 0 aliphatic heterocycles. The van der Waals surface area contributed by atoms with Gasteiger partial charge in [0.25, 0.3) is 0 Å². The topological polar surface area (TPSA) is 69.6 Å². The molecule has 0 atom stereocenters. The number of carbonyl (C=O) groups excluding carboxylic acids is 1. The maximum Gasteiger partial charge on any atom is 0.329 e. The van der Waals surface area contributed by atoms with Crippen LogP contribution in [0.25, 0.3) is 0 Å². The van der Waals surface area contributed by atoms with Gasteiger partial charge in [0.1, 0.15) is 5.54 Å². The molecule has 1 saturated carbocycles. The largest absolute Gasteiger partial charge is 0.480 e. The van der Waals surface area contributed by atoms with Crippen LogP contribution in [0.4, 0.5) is 4.79 Å². The number of urea groups is 1. The molecule has 0 bridgehead atoms. The van der Waals surface area contributed by atoms with Gasteiger partial charge in [0, 0.05) is 13.1 Å².